The fourth-order valence-electron chi connectivity index (χ4n) is 6.13. The van der Waals surface area contributed by atoms with Crippen molar-refractivity contribution < 1.29 is 19.1 Å². The number of nitrogens with one attached hydrogen (secondary N) is 2. The third kappa shape index (κ3) is 11.0. The van der Waals surface area contributed by atoms with Gasteiger partial charge in [-0.25, -0.2) is 4.79 Å². The van der Waals surface area contributed by atoms with Gasteiger partial charge in [-0.3, -0.25) is 9.59 Å². The maximum atomic E-state index is 14.9. The monoisotopic (exact) mass is 605 g/mol. The van der Waals surface area contributed by atoms with Gasteiger partial charge < -0.3 is 20.3 Å². The van der Waals surface area contributed by atoms with Gasteiger partial charge in [-0.15, -0.1) is 0 Å². The molecular formula is C37H55N3O4. The molecule has 3 amide bonds. The van der Waals surface area contributed by atoms with E-state index in [2.05, 4.69) is 30.5 Å². The zero-order valence-electron chi connectivity index (χ0n) is 28.2. The normalized spacial score (nSPS) is 16.1. The van der Waals surface area contributed by atoms with Crippen LogP contribution in [0.2, 0.25) is 0 Å². The van der Waals surface area contributed by atoms with Crippen LogP contribution in [0.15, 0.2) is 48.5 Å². The summed E-state index contributed by atoms with van der Waals surface area (Å²) >= 11 is 0. The van der Waals surface area contributed by atoms with Crippen LogP contribution in [0, 0.1) is 19.8 Å². The third-order valence-corrected chi connectivity index (χ3v) is 8.20. The van der Waals surface area contributed by atoms with Crippen LogP contribution in [0.25, 0.3) is 0 Å². The molecule has 0 saturated heterocycles. The Morgan fingerprint density at radius 3 is 2.09 bits per heavy atom. The van der Waals surface area contributed by atoms with Gasteiger partial charge in [0.15, 0.2) is 0 Å². The number of hydrogen-bond acceptors (Lipinski definition) is 4. The number of carbonyl (C=O) groups is 3. The van der Waals surface area contributed by atoms with Crippen LogP contribution in [0.1, 0.15) is 115 Å². The zero-order valence-corrected chi connectivity index (χ0v) is 28.2. The van der Waals surface area contributed by atoms with Crippen molar-refractivity contribution in [2.45, 2.75) is 137 Å². The molecule has 7 nitrogen and oxygen atoms in total. The summed E-state index contributed by atoms with van der Waals surface area (Å²) in [6.07, 6.45) is 6.49. The number of amides is 3. The van der Waals surface area contributed by atoms with Gasteiger partial charge in [0, 0.05) is 18.5 Å². The van der Waals surface area contributed by atoms with Crippen LogP contribution in [0.4, 0.5) is 4.79 Å². The van der Waals surface area contributed by atoms with Crippen molar-refractivity contribution in [3.8, 4) is 0 Å². The number of aryl methyl sites for hydroxylation is 2. The third-order valence-electron chi connectivity index (χ3n) is 8.20. The summed E-state index contributed by atoms with van der Waals surface area (Å²) in [5.41, 5.74) is 3.04. The van der Waals surface area contributed by atoms with Gasteiger partial charge in [0.25, 0.3) is 0 Å². The number of ether oxygens (including phenoxy) is 1. The van der Waals surface area contributed by atoms with E-state index in [1.54, 1.807) is 25.7 Å². The molecule has 1 saturated carbocycles. The van der Waals surface area contributed by atoms with Crippen molar-refractivity contribution in [3.63, 3.8) is 0 Å². The Morgan fingerprint density at radius 1 is 0.909 bits per heavy atom. The van der Waals surface area contributed by atoms with Gasteiger partial charge >= 0.3 is 6.09 Å². The smallest absolute Gasteiger partial charge is 0.408 e. The molecule has 0 aliphatic heterocycles. The van der Waals surface area contributed by atoms with Crippen LogP contribution in [0.5, 0.6) is 0 Å². The molecule has 0 radical (unpaired) electrons. The molecule has 3 atom stereocenters. The molecule has 3 unspecified atom stereocenters. The zero-order chi connectivity index (χ0) is 32.4. The summed E-state index contributed by atoms with van der Waals surface area (Å²) in [5.74, 6) is -0.0218. The summed E-state index contributed by atoms with van der Waals surface area (Å²) in [7, 11) is 0. The highest BCUT2D eigenvalue weighted by atomic mass is 16.6. The second-order valence-electron chi connectivity index (χ2n) is 14.1. The maximum absolute atomic E-state index is 14.9. The number of hydrogen-bond donors (Lipinski definition) is 2. The molecule has 2 N–H and O–H groups in total. The Morgan fingerprint density at radius 2 is 1.52 bits per heavy atom. The Kier molecular flexibility index (Phi) is 12.9. The Labute approximate surface area is 265 Å². The summed E-state index contributed by atoms with van der Waals surface area (Å²) in [6, 6.07) is 13.8. The second-order valence-corrected chi connectivity index (χ2v) is 14.1. The largest absolute Gasteiger partial charge is 0.444 e. The minimum absolute atomic E-state index is 0.0904. The number of carbonyl (C=O) groups excluding carboxylic acids is 3. The first-order chi connectivity index (χ1) is 20.7. The van der Waals surface area contributed by atoms with Gasteiger partial charge in [0.1, 0.15) is 17.7 Å². The van der Waals surface area contributed by atoms with E-state index in [4.69, 9.17) is 4.74 Å². The molecule has 2 aromatic carbocycles. The van der Waals surface area contributed by atoms with Gasteiger partial charge in [0.05, 0.1) is 0 Å². The molecule has 0 aromatic heterocycles. The fourth-order valence-corrected chi connectivity index (χ4v) is 6.13. The number of nitrogens with zero attached hydrogens (tertiary/aromatic N) is 1. The van der Waals surface area contributed by atoms with E-state index < -0.39 is 23.8 Å². The molecule has 2 aromatic rings. The molecule has 242 valence electrons. The van der Waals surface area contributed by atoms with Crippen LogP contribution in [0.3, 0.4) is 0 Å². The SMILES string of the molecule is Cc1cc(C)cc(C(C(=O)NC2CCCCC2)N(C(=O)C(Cc2ccccc2)NC(=O)OC(C)(C)C)C(C)CCC(C)C)c1. The van der Waals surface area contributed by atoms with Crippen LogP contribution in [-0.4, -0.2) is 46.5 Å². The average Bonchev–Trinajstić information content (AvgIpc) is 2.93. The van der Waals surface area contributed by atoms with E-state index in [9.17, 15) is 14.4 Å². The van der Waals surface area contributed by atoms with Crippen molar-refractivity contribution in [2.24, 2.45) is 5.92 Å². The van der Waals surface area contributed by atoms with Crippen LogP contribution in [-0.2, 0) is 20.7 Å². The van der Waals surface area contributed by atoms with Gasteiger partial charge in [0.2, 0.25) is 11.8 Å². The van der Waals surface area contributed by atoms with Crippen LogP contribution >= 0.6 is 0 Å². The molecular weight excluding hydrogens is 550 g/mol. The molecule has 0 heterocycles. The minimum atomic E-state index is -0.926. The molecule has 0 spiro atoms. The second kappa shape index (κ2) is 16.1. The topological polar surface area (TPSA) is 87.7 Å². The summed E-state index contributed by atoms with van der Waals surface area (Å²) in [6.45, 7) is 15.8. The quantitative estimate of drug-likeness (QED) is 0.261. The molecule has 7 heteroatoms. The van der Waals surface area contributed by atoms with E-state index >= 15 is 0 Å². The molecule has 1 aliphatic carbocycles. The maximum Gasteiger partial charge on any atom is 0.408 e. The van der Waals surface area contributed by atoms with E-state index in [-0.39, 0.29) is 30.3 Å². The number of alkyl carbamates (subject to hydrolysis) is 1. The van der Waals surface area contributed by atoms with Crippen LogP contribution < -0.4 is 10.6 Å². The first kappa shape index (κ1) is 35.1. The van der Waals surface area contributed by atoms with E-state index in [1.807, 2.05) is 63.2 Å². The van der Waals surface area contributed by atoms with Gasteiger partial charge in [-0.05, 0) is 84.3 Å². The predicted octanol–water partition coefficient (Wildman–Crippen LogP) is 7.58. The van der Waals surface area contributed by atoms with Crippen molar-refractivity contribution in [3.05, 3.63) is 70.8 Å². The van der Waals surface area contributed by atoms with Crippen molar-refractivity contribution in [1.82, 2.24) is 15.5 Å². The molecule has 1 aliphatic rings. The first-order valence-corrected chi connectivity index (χ1v) is 16.5. The summed E-state index contributed by atoms with van der Waals surface area (Å²) in [4.78, 5) is 44.2. The number of rotatable bonds is 12. The summed E-state index contributed by atoms with van der Waals surface area (Å²) < 4.78 is 5.60. The standard InChI is InChI=1S/C37H55N3O4/c1-25(2)19-20-28(5)40(35(42)32(24-29-15-11-9-12-16-29)39-36(43)44-37(6,7)8)33(30-22-26(3)21-27(4)23-30)34(41)38-31-17-13-10-14-18-31/h9,11-12,15-16,21-23,25,28,31-33H,10,13-14,17-20,24H2,1-8H3,(H,38,41)(H,39,43). The summed E-state index contributed by atoms with van der Waals surface area (Å²) in [5, 5.41) is 6.21. The molecule has 0 bridgehead atoms. The highest BCUT2D eigenvalue weighted by molar-refractivity contribution is 5.92. The van der Waals surface area contributed by atoms with Gasteiger partial charge in [-0.2, -0.15) is 0 Å². The van der Waals surface area contributed by atoms with E-state index in [0.29, 0.717) is 5.92 Å². The van der Waals surface area contributed by atoms with E-state index in [0.717, 1.165) is 60.8 Å². The average molecular weight is 606 g/mol. The highest BCUT2D eigenvalue weighted by Crippen LogP contribution is 2.30. The Hall–Kier alpha value is -3.35. The van der Waals surface area contributed by atoms with E-state index in [1.165, 1.54) is 6.42 Å². The van der Waals surface area contributed by atoms with Gasteiger partial charge in [-0.1, -0.05) is 92.8 Å². The lowest BCUT2D eigenvalue weighted by molar-refractivity contribution is -0.145. The Balaban J connectivity index is 2.11. The highest BCUT2D eigenvalue weighted by Gasteiger charge is 2.39. The fraction of sp³-hybridized carbons (Fsp3) is 0.595. The molecule has 44 heavy (non-hydrogen) atoms. The van der Waals surface area contributed by atoms with Crippen molar-refractivity contribution in [1.29, 1.82) is 0 Å². The lowest BCUT2D eigenvalue weighted by Gasteiger charge is -2.40. The Bertz CT molecular complexity index is 1210. The lowest BCUT2D eigenvalue weighted by Crippen LogP contribution is -2.57. The molecule has 1 fully saturated rings. The van der Waals surface area contributed by atoms with Crippen molar-refractivity contribution in [2.75, 3.05) is 0 Å². The minimum Gasteiger partial charge on any atom is -0.444 e. The predicted molar refractivity (Wildman–Crippen MR) is 177 cm³/mol. The molecule has 3 rings (SSSR count). The number of benzene rings is 2. The lowest BCUT2D eigenvalue weighted by atomic mass is 9.92. The van der Waals surface area contributed by atoms with Crippen molar-refractivity contribution >= 4 is 17.9 Å². The first-order valence-electron chi connectivity index (χ1n) is 16.5.